The van der Waals surface area contributed by atoms with Gasteiger partial charge in [-0.25, -0.2) is 0 Å². The van der Waals surface area contributed by atoms with E-state index in [1.807, 2.05) is 18.2 Å². The van der Waals surface area contributed by atoms with Crippen LogP contribution in [0.15, 0.2) is 24.4 Å². The van der Waals surface area contributed by atoms with Crippen LogP contribution in [0.5, 0.6) is 0 Å². The quantitative estimate of drug-likeness (QED) is 0.743. The number of nitrogens with one attached hydrogen (secondary N) is 1. The van der Waals surface area contributed by atoms with Gasteiger partial charge < -0.3 is 10.4 Å². The highest BCUT2D eigenvalue weighted by atomic mass is 16.4. The number of aromatic nitrogens is 1. The van der Waals surface area contributed by atoms with Gasteiger partial charge in [-0.3, -0.25) is 14.6 Å². The van der Waals surface area contributed by atoms with E-state index < -0.39 is 17.3 Å². The Labute approximate surface area is 99.9 Å². The van der Waals surface area contributed by atoms with Crippen molar-refractivity contribution in [1.82, 2.24) is 10.3 Å². The molecule has 92 valence electrons. The topological polar surface area (TPSA) is 79.3 Å². The normalized spacial score (nSPS) is 10.9. The molecule has 0 fully saturated rings. The predicted molar refractivity (Wildman–Crippen MR) is 62.4 cm³/mol. The van der Waals surface area contributed by atoms with E-state index >= 15 is 0 Å². The second-order valence-corrected chi connectivity index (χ2v) is 4.26. The van der Waals surface area contributed by atoms with E-state index in [1.165, 1.54) is 13.8 Å². The first-order valence-electron chi connectivity index (χ1n) is 5.36. The van der Waals surface area contributed by atoms with Crippen molar-refractivity contribution in [1.29, 1.82) is 0 Å². The van der Waals surface area contributed by atoms with E-state index in [4.69, 9.17) is 5.11 Å². The van der Waals surface area contributed by atoms with Crippen LogP contribution in [0.3, 0.4) is 0 Å². The molecule has 5 heteroatoms. The summed E-state index contributed by atoms with van der Waals surface area (Å²) in [6, 6.07) is 5.54. The summed E-state index contributed by atoms with van der Waals surface area (Å²) in [4.78, 5) is 26.5. The summed E-state index contributed by atoms with van der Waals surface area (Å²) in [7, 11) is 0. The summed E-state index contributed by atoms with van der Waals surface area (Å²) in [5.74, 6) is -1.62. The van der Waals surface area contributed by atoms with Gasteiger partial charge in [-0.05, 0) is 26.0 Å². The average molecular weight is 236 g/mol. The van der Waals surface area contributed by atoms with Crippen molar-refractivity contribution in [3.63, 3.8) is 0 Å². The van der Waals surface area contributed by atoms with Crippen molar-refractivity contribution in [2.75, 3.05) is 6.54 Å². The van der Waals surface area contributed by atoms with Crippen LogP contribution in [0.4, 0.5) is 0 Å². The molecule has 0 unspecified atom stereocenters. The van der Waals surface area contributed by atoms with Crippen LogP contribution in [0.25, 0.3) is 0 Å². The van der Waals surface area contributed by atoms with Crippen LogP contribution < -0.4 is 5.32 Å². The van der Waals surface area contributed by atoms with Gasteiger partial charge in [-0.1, -0.05) is 6.07 Å². The van der Waals surface area contributed by atoms with Gasteiger partial charge in [0.1, 0.15) is 5.41 Å². The summed E-state index contributed by atoms with van der Waals surface area (Å²) in [6.07, 6.45) is 2.26. The maximum absolute atomic E-state index is 11.6. The lowest BCUT2D eigenvalue weighted by Gasteiger charge is -2.18. The third-order valence-corrected chi connectivity index (χ3v) is 2.50. The van der Waals surface area contributed by atoms with Gasteiger partial charge in [-0.2, -0.15) is 0 Å². The van der Waals surface area contributed by atoms with E-state index in [2.05, 4.69) is 10.3 Å². The summed E-state index contributed by atoms with van der Waals surface area (Å²) in [5.41, 5.74) is -0.537. The number of nitrogens with zero attached hydrogens (tertiary/aromatic N) is 1. The van der Waals surface area contributed by atoms with Gasteiger partial charge in [0.2, 0.25) is 5.91 Å². The number of carbonyl (C=O) groups is 2. The molecule has 0 aliphatic heterocycles. The second kappa shape index (κ2) is 5.43. The highest BCUT2D eigenvalue weighted by Crippen LogP contribution is 2.14. The number of carboxylic acids is 1. The molecule has 0 saturated heterocycles. The molecule has 5 nitrogen and oxygen atoms in total. The standard InChI is InChI=1S/C12H16N2O3/c1-12(2,11(16)17)10(15)14-8-6-9-5-3-4-7-13-9/h3-5,7H,6,8H2,1-2H3,(H,14,15)(H,16,17). The molecule has 1 aromatic heterocycles. The molecule has 1 rings (SSSR count). The monoisotopic (exact) mass is 236 g/mol. The number of carbonyl (C=O) groups excluding carboxylic acids is 1. The van der Waals surface area contributed by atoms with Crippen molar-refractivity contribution in [3.05, 3.63) is 30.1 Å². The highest BCUT2D eigenvalue weighted by Gasteiger charge is 2.35. The molecule has 0 aromatic carbocycles. The Morgan fingerprint density at radius 2 is 2.12 bits per heavy atom. The molecular weight excluding hydrogens is 220 g/mol. The summed E-state index contributed by atoms with van der Waals surface area (Å²) >= 11 is 0. The number of hydrogen-bond donors (Lipinski definition) is 2. The molecule has 1 heterocycles. The Morgan fingerprint density at radius 3 is 2.65 bits per heavy atom. The lowest BCUT2D eigenvalue weighted by atomic mass is 9.93. The molecule has 0 spiro atoms. The van der Waals surface area contributed by atoms with Crippen LogP contribution in [0.1, 0.15) is 19.5 Å². The first-order chi connectivity index (χ1) is 7.94. The number of carboxylic acid groups (broad SMARTS) is 1. The number of rotatable bonds is 5. The van der Waals surface area contributed by atoms with Gasteiger partial charge in [0.15, 0.2) is 0 Å². The second-order valence-electron chi connectivity index (χ2n) is 4.26. The fourth-order valence-electron chi connectivity index (χ4n) is 1.17. The van der Waals surface area contributed by atoms with Crippen LogP contribution >= 0.6 is 0 Å². The van der Waals surface area contributed by atoms with Crippen LogP contribution in [0.2, 0.25) is 0 Å². The zero-order valence-corrected chi connectivity index (χ0v) is 9.93. The Morgan fingerprint density at radius 1 is 1.41 bits per heavy atom. The minimum Gasteiger partial charge on any atom is -0.480 e. The van der Waals surface area contributed by atoms with Crippen LogP contribution in [-0.4, -0.2) is 28.5 Å². The maximum Gasteiger partial charge on any atom is 0.318 e. The SMILES string of the molecule is CC(C)(C(=O)O)C(=O)NCCc1ccccn1. The first kappa shape index (κ1) is 13.2. The minimum absolute atomic E-state index is 0.382. The molecule has 0 atom stereocenters. The molecular formula is C12H16N2O3. The zero-order valence-electron chi connectivity index (χ0n) is 9.93. The summed E-state index contributed by atoms with van der Waals surface area (Å²) < 4.78 is 0. The predicted octanol–water partition coefficient (Wildman–Crippen LogP) is 0.851. The Balaban J connectivity index is 2.42. The molecule has 0 aliphatic rings. The number of hydrogen-bond acceptors (Lipinski definition) is 3. The van der Waals surface area contributed by atoms with Gasteiger partial charge in [0.25, 0.3) is 0 Å². The van der Waals surface area contributed by atoms with Gasteiger partial charge in [0.05, 0.1) is 0 Å². The largest absolute Gasteiger partial charge is 0.480 e. The van der Waals surface area contributed by atoms with Gasteiger partial charge in [-0.15, -0.1) is 0 Å². The average Bonchev–Trinajstić information content (AvgIpc) is 2.30. The number of amides is 1. The molecule has 17 heavy (non-hydrogen) atoms. The minimum atomic E-state index is -1.40. The van der Waals surface area contributed by atoms with Gasteiger partial charge >= 0.3 is 5.97 Å². The van der Waals surface area contributed by atoms with E-state index in [0.717, 1.165) is 5.69 Å². The molecule has 1 aromatic rings. The number of pyridine rings is 1. The molecule has 0 bridgehead atoms. The van der Waals surface area contributed by atoms with Crippen molar-refractivity contribution in [2.45, 2.75) is 20.3 Å². The highest BCUT2D eigenvalue weighted by molar-refractivity contribution is 6.00. The lowest BCUT2D eigenvalue weighted by Crippen LogP contribution is -2.43. The smallest absolute Gasteiger partial charge is 0.318 e. The van der Waals surface area contributed by atoms with E-state index in [9.17, 15) is 9.59 Å². The molecule has 2 N–H and O–H groups in total. The third-order valence-electron chi connectivity index (χ3n) is 2.50. The lowest BCUT2D eigenvalue weighted by molar-refractivity contribution is -0.153. The molecule has 0 radical (unpaired) electrons. The van der Waals surface area contributed by atoms with Crippen molar-refractivity contribution < 1.29 is 14.7 Å². The Hall–Kier alpha value is -1.91. The Bertz CT molecular complexity index is 401. The fraction of sp³-hybridized carbons (Fsp3) is 0.417. The molecule has 1 amide bonds. The van der Waals surface area contributed by atoms with Crippen molar-refractivity contribution in [3.8, 4) is 0 Å². The molecule has 0 saturated carbocycles. The van der Waals surface area contributed by atoms with Gasteiger partial charge in [0, 0.05) is 24.9 Å². The third kappa shape index (κ3) is 3.55. The molecule has 0 aliphatic carbocycles. The van der Waals surface area contributed by atoms with Crippen molar-refractivity contribution >= 4 is 11.9 Å². The van der Waals surface area contributed by atoms with Crippen molar-refractivity contribution in [2.24, 2.45) is 5.41 Å². The summed E-state index contributed by atoms with van der Waals surface area (Å²) in [6.45, 7) is 3.14. The van der Waals surface area contributed by atoms with Crippen LogP contribution in [-0.2, 0) is 16.0 Å². The maximum atomic E-state index is 11.6. The van der Waals surface area contributed by atoms with E-state index in [-0.39, 0.29) is 0 Å². The summed E-state index contributed by atoms with van der Waals surface area (Å²) in [5, 5.41) is 11.4. The fourth-order valence-corrected chi connectivity index (χ4v) is 1.17. The Kier molecular flexibility index (Phi) is 4.20. The zero-order chi connectivity index (χ0) is 12.9. The van der Waals surface area contributed by atoms with E-state index in [1.54, 1.807) is 6.20 Å². The van der Waals surface area contributed by atoms with E-state index in [0.29, 0.717) is 13.0 Å². The number of aliphatic carboxylic acids is 1. The van der Waals surface area contributed by atoms with Crippen LogP contribution in [0, 0.1) is 5.41 Å². The first-order valence-corrected chi connectivity index (χ1v) is 5.36.